The van der Waals surface area contributed by atoms with Crippen LogP contribution >= 0.6 is 0 Å². The molecule has 26 heavy (non-hydrogen) atoms. The van der Waals surface area contributed by atoms with Crippen molar-refractivity contribution in [2.75, 3.05) is 17.7 Å². The van der Waals surface area contributed by atoms with Crippen LogP contribution in [0.1, 0.15) is 28.4 Å². The van der Waals surface area contributed by atoms with Crippen LogP contribution in [0.2, 0.25) is 0 Å². The van der Waals surface area contributed by atoms with Gasteiger partial charge in [0.05, 0.1) is 19.1 Å². The standard InChI is InChI=1S/C19H22N2O4S/c1-13-10-16-11-15(6-9-18(16)21(13)26(3,23)24)19(22)20-12-14-4-7-17(25-2)8-5-14/h4-9,11,13H,10,12H2,1-3H3,(H,20,22). The zero-order valence-corrected chi connectivity index (χ0v) is 15.8. The van der Waals surface area contributed by atoms with Gasteiger partial charge < -0.3 is 10.1 Å². The van der Waals surface area contributed by atoms with Crippen LogP contribution in [0.5, 0.6) is 5.75 Å². The lowest BCUT2D eigenvalue weighted by Crippen LogP contribution is -2.34. The van der Waals surface area contributed by atoms with E-state index in [-0.39, 0.29) is 11.9 Å². The Morgan fingerprint density at radius 3 is 2.54 bits per heavy atom. The minimum absolute atomic E-state index is 0.141. The maximum Gasteiger partial charge on any atom is 0.251 e. The van der Waals surface area contributed by atoms with Crippen molar-refractivity contribution in [3.8, 4) is 5.75 Å². The Kier molecular flexibility index (Phi) is 4.91. The summed E-state index contributed by atoms with van der Waals surface area (Å²) in [4.78, 5) is 12.4. The predicted octanol–water partition coefficient (Wildman–Crippen LogP) is 2.34. The third-order valence-electron chi connectivity index (χ3n) is 4.46. The quantitative estimate of drug-likeness (QED) is 0.872. The van der Waals surface area contributed by atoms with Gasteiger partial charge in [-0.05, 0) is 54.8 Å². The summed E-state index contributed by atoms with van der Waals surface area (Å²) < 4.78 is 30.5. The van der Waals surface area contributed by atoms with Crippen LogP contribution in [0.25, 0.3) is 0 Å². The lowest BCUT2D eigenvalue weighted by atomic mass is 10.1. The van der Waals surface area contributed by atoms with Crippen LogP contribution < -0.4 is 14.4 Å². The Hall–Kier alpha value is -2.54. The maximum atomic E-state index is 12.4. The molecule has 1 heterocycles. The van der Waals surface area contributed by atoms with Gasteiger partial charge in [-0.2, -0.15) is 0 Å². The molecule has 1 aliphatic heterocycles. The van der Waals surface area contributed by atoms with Gasteiger partial charge in [-0.25, -0.2) is 8.42 Å². The van der Waals surface area contributed by atoms with Gasteiger partial charge in [0.15, 0.2) is 0 Å². The van der Waals surface area contributed by atoms with Crippen LogP contribution in [-0.2, 0) is 23.0 Å². The highest BCUT2D eigenvalue weighted by molar-refractivity contribution is 7.92. The number of fused-ring (bicyclic) bond motifs is 1. The Balaban J connectivity index is 1.72. The number of methoxy groups -OCH3 is 1. The van der Waals surface area contributed by atoms with E-state index in [2.05, 4.69) is 5.32 Å². The van der Waals surface area contributed by atoms with Crippen LogP contribution in [0.15, 0.2) is 42.5 Å². The average Bonchev–Trinajstić information content (AvgIpc) is 2.95. The molecular weight excluding hydrogens is 352 g/mol. The van der Waals surface area contributed by atoms with Gasteiger partial charge in [-0.3, -0.25) is 9.10 Å². The van der Waals surface area contributed by atoms with Crippen LogP contribution in [0.4, 0.5) is 5.69 Å². The topological polar surface area (TPSA) is 75.7 Å². The lowest BCUT2D eigenvalue weighted by molar-refractivity contribution is 0.0951. The maximum absolute atomic E-state index is 12.4. The Bertz CT molecular complexity index is 923. The van der Waals surface area contributed by atoms with Gasteiger partial charge in [-0.1, -0.05) is 12.1 Å². The molecule has 2 aromatic carbocycles. The van der Waals surface area contributed by atoms with E-state index in [4.69, 9.17) is 4.74 Å². The molecule has 0 radical (unpaired) electrons. The van der Waals surface area contributed by atoms with Gasteiger partial charge in [-0.15, -0.1) is 0 Å². The van der Waals surface area contributed by atoms with E-state index in [1.54, 1.807) is 25.3 Å². The molecule has 1 N–H and O–H groups in total. The van der Waals surface area contributed by atoms with Crippen molar-refractivity contribution in [2.45, 2.75) is 25.9 Å². The number of amides is 1. The number of hydrogen-bond acceptors (Lipinski definition) is 4. The average molecular weight is 374 g/mol. The number of rotatable bonds is 5. The summed E-state index contributed by atoms with van der Waals surface area (Å²) in [6, 6.07) is 12.5. The van der Waals surface area contributed by atoms with Crippen molar-refractivity contribution in [1.82, 2.24) is 5.32 Å². The second-order valence-electron chi connectivity index (χ2n) is 6.49. The lowest BCUT2D eigenvalue weighted by Gasteiger charge is -2.21. The number of sulfonamides is 1. The zero-order valence-electron chi connectivity index (χ0n) is 15.0. The summed E-state index contributed by atoms with van der Waals surface area (Å²) >= 11 is 0. The van der Waals surface area contributed by atoms with Crippen molar-refractivity contribution >= 4 is 21.6 Å². The summed E-state index contributed by atoms with van der Waals surface area (Å²) in [5.41, 5.74) is 3.03. The molecule has 1 atom stereocenters. The van der Waals surface area contributed by atoms with E-state index >= 15 is 0 Å². The van der Waals surface area contributed by atoms with Gasteiger partial charge in [0.25, 0.3) is 5.91 Å². The first-order chi connectivity index (χ1) is 12.3. The number of ether oxygens (including phenoxy) is 1. The first-order valence-corrected chi connectivity index (χ1v) is 10.2. The molecule has 0 aliphatic carbocycles. The van der Waals surface area contributed by atoms with E-state index in [1.807, 2.05) is 31.2 Å². The minimum atomic E-state index is -3.33. The fourth-order valence-corrected chi connectivity index (χ4v) is 4.54. The van der Waals surface area contributed by atoms with Crippen molar-refractivity contribution in [3.63, 3.8) is 0 Å². The number of carbonyl (C=O) groups is 1. The molecule has 7 heteroatoms. The van der Waals surface area contributed by atoms with Crippen LogP contribution in [-0.4, -0.2) is 33.7 Å². The van der Waals surface area contributed by atoms with E-state index in [1.165, 1.54) is 10.6 Å². The molecule has 1 aliphatic rings. The molecule has 0 spiro atoms. The van der Waals surface area contributed by atoms with Crippen molar-refractivity contribution in [2.24, 2.45) is 0 Å². The summed E-state index contributed by atoms with van der Waals surface area (Å²) in [6.07, 6.45) is 1.80. The van der Waals surface area contributed by atoms with Crippen molar-refractivity contribution in [3.05, 3.63) is 59.2 Å². The molecule has 138 valence electrons. The Morgan fingerprint density at radius 1 is 1.23 bits per heavy atom. The number of hydrogen-bond donors (Lipinski definition) is 1. The van der Waals surface area contributed by atoms with Gasteiger partial charge in [0.1, 0.15) is 5.75 Å². The van der Waals surface area contributed by atoms with Crippen molar-refractivity contribution in [1.29, 1.82) is 0 Å². The Morgan fingerprint density at radius 2 is 1.92 bits per heavy atom. The van der Waals surface area contributed by atoms with E-state index in [0.717, 1.165) is 16.9 Å². The molecule has 6 nitrogen and oxygen atoms in total. The molecule has 2 aromatic rings. The van der Waals surface area contributed by atoms with Gasteiger partial charge in [0, 0.05) is 18.2 Å². The highest BCUT2D eigenvalue weighted by atomic mass is 32.2. The van der Waals surface area contributed by atoms with Crippen LogP contribution in [0.3, 0.4) is 0 Å². The summed E-state index contributed by atoms with van der Waals surface area (Å²) in [5.74, 6) is 0.581. The first-order valence-electron chi connectivity index (χ1n) is 8.33. The smallest absolute Gasteiger partial charge is 0.251 e. The second-order valence-corrected chi connectivity index (χ2v) is 8.35. The van der Waals surface area contributed by atoms with Crippen molar-refractivity contribution < 1.29 is 17.9 Å². The number of anilines is 1. The highest BCUT2D eigenvalue weighted by Crippen LogP contribution is 2.34. The SMILES string of the molecule is COc1ccc(CNC(=O)c2ccc3c(c2)CC(C)N3S(C)(=O)=O)cc1. The number of carbonyl (C=O) groups excluding carboxylic acids is 1. The first kappa shape index (κ1) is 18.3. The molecule has 1 amide bonds. The number of nitrogens with zero attached hydrogens (tertiary/aromatic N) is 1. The summed E-state index contributed by atoms with van der Waals surface area (Å²) in [6.45, 7) is 2.27. The molecular formula is C19H22N2O4S. The molecule has 0 fully saturated rings. The second kappa shape index (κ2) is 6.99. The predicted molar refractivity (Wildman–Crippen MR) is 101 cm³/mol. The van der Waals surface area contributed by atoms with Gasteiger partial charge in [0.2, 0.25) is 10.0 Å². The monoisotopic (exact) mass is 374 g/mol. The van der Waals surface area contributed by atoms with E-state index < -0.39 is 10.0 Å². The zero-order chi connectivity index (χ0) is 18.9. The third kappa shape index (κ3) is 3.67. The normalized spacial score (nSPS) is 16.3. The largest absolute Gasteiger partial charge is 0.497 e. The summed E-state index contributed by atoms with van der Waals surface area (Å²) in [7, 11) is -1.72. The third-order valence-corrected chi connectivity index (χ3v) is 5.74. The fraction of sp³-hybridized carbons (Fsp3) is 0.316. The fourth-order valence-electron chi connectivity index (χ4n) is 3.28. The molecule has 0 bridgehead atoms. The molecule has 0 aromatic heterocycles. The van der Waals surface area contributed by atoms with E-state index in [0.29, 0.717) is 24.2 Å². The molecule has 0 saturated heterocycles. The van der Waals surface area contributed by atoms with Gasteiger partial charge >= 0.3 is 0 Å². The van der Waals surface area contributed by atoms with E-state index in [9.17, 15) is 13.2 Å². The van der Waals surface area contributed by atoms with Crippen LogP contribution in [0, 0.1) is 0 Å². The highest BCUT2D eigenvalue weighted by Gasteiger charge is 2.32. The number of nitrogens with one attached hydrogen (secondary N) is 1. The summed E-state index contributed by atoms with van der Waals surface area (Å²) in [5, 5.41) is 2.88. The minimum Gasteiger partial charge on any atom is -0.497 e. The number of benzene rings is 2. The Labute approximate surface area is 153 Å². The molecule has 0 saturated carbocycles. The molecule has 1 unspecified atom stereocenters. The molecule has 3 rings (SSSR count).